The van der Waals surface area contributed by atoms with Crippen molar-refractivity contribution >= 4 is 23.5 Å². The number of carbonyl (C=O) groups excluding carboxylic acids is 2. The van der Waals surface area contributed by atoms with Crippen LogP contribution in [0.15, 0.2) is 24.3 Å². The molecule has 2 rings (SSSR count). The molecular weight excluding hydrogens is 260 g/mol. The first-order valence-corrected chi connectivity index (χ1v) is 6.45. The summed E-state index contributed by atoms with van der Waals surface area (Å²) < 4.78 is 0. The fourth-order valence-corrected chi connectivity index (χ4v) is 2.26. The number of para-hydroxylation sites is 1. The quantitative estimate of drug-likeness (QED) is 0.767. The Morgan fingerprint density at radius 2 is 2.15 bits per heavy atom. The number of hydrogen-bond acceptors (Lipinski definition) is 3. The number of carboxylic acid groups (broad SMARTS) is 1. The number of benzene rings is 1. The molecule has 0 spiro atoms. The Bertz CT molecular complexity index is 556. The predicted octanol–water partition coefficient (Wildman–Crippen LogP) is 1.09. The Kier molecular flexibility index (Phi) is 4.02. The highest BCUT2D eigenvalue weighted by molar-refractivity contribution is 6.01. The van der Waals surface area contributed by atoms with Gasteiger partial charge in [0.15, 0.2) is 0 Å². The van der Waals surface area contributed by atoms with Crippen molar-refractivity contribution in [3.05, 3.63) is 29.8 Å². The van der Waals surface area contributed by atoms with Crippen molar-refractivity contribution in [2.75, 3.05) is 5.32 Å². The van der Waals surface area contributed by atoms with Gasteiger partial charge in [-0.1, -0.05) is 25.1 Å². The normalized spacial score (nSPS) is 18.6. The van der Waals surface area contributed by atoms with Gasteiger partial charge in [0.2, 0.25) is 11.8 Å². The molecule has 1 aliphatic heterocycles. The van der Waals surface area contributed by atoms with Crippen molar-refractivity contribution in [3.8, 4) is 0 Å². The van der Waals surface area contributed by atoms with Crippen LogP contribution >= 0.6 is 0 Å². The van der Waals surface area contributed by atoms with Gasteiger partial charge in [-0.2, -0.15) is 0 Å². The van der Waals surface area contributed by atoms with Gasteiger partial charge in [0.1, 0.15) is 6.04 Å². The van der Waals surface area contributed by atoms with Crippen LogP contribution < -0.4 is 10.6 Å². The topological polar surface area (TPSA) is 95.5 Å². The maximum Gasteiger partial charge on any atom is 0.326 e. The summed E-state index contributed by atoms with van der Waals surface area (Å²) in [5.74, 6) is -2.39. The van der Waals surface area contributed by atoms with Crippen LogP contribution in [0.4, 0.5) is 5.69 Å². The molecule has 0 aromatic heterocycles. The van der Waals surface area contributed by atoms with Gasteiger partial charge in [0.05, 0.1) is 5.92 Å². The third-order valence-corrected chi connectivity index (χ3v) is 3.34. The summed E-state index contributed by atoms with van der Waals surface area (Å²) in [5, 5.41) is 14.2. The number of fused-ring (bicyclic) bond motifs is 1. The minimum atomic E-state index is -1.07. The van der Waals surface area contributed by atoms with E-state index in [1.54, 1.807) is 31.2 Å². The SMILES string of the molecule is CC[C@@H](NC(=O)[C@H]1CC(=O)Nc2ccccc21)C(=O)O. The van der Waals surface area contributed by atoms with Crippen LogP contribution in [0.5, 0.6) is 0 Å². The molecule has 106 valence electrons. The molecule has 1 aromatic rings. The molecule has 20 heavy (non-hydrogen) atoms. The Morgan fingerprint density at radius 3 is 2.80 bits per heavy atom. The summed E-state index contributed by atoms with van der Waals surface area (Å²) in [7, 11) is 0. The number of carboxylic acids is 1. The first-order chi connectivity index (χ1) is 9.52. The lowest BCUT2D eigenvalue weighted by molar-refractivity contribution is -0.142. The summed E-state index contributed by atoms with van der Waals surface area (Å²) in [6.45, 7) is 1.68. The first kappa shape index (κ1) is 14.0. The van der Waals surface area contributed by atoms with Crippen LogP contribution in [0.1, 0.15) is 31.2 Å². The van der Waals surface area contributed by atoms with E-state index in [2.05, 4.69) is 10.6 Å². The van der Waals surface area contributed by atoms with E-state index in [0.717, 1.165) is 0 Å². The molecule has 0 radical (unpaired) electrons. The third kappa shape index (κ3) is 2.79. The van der Waals surface area contributed by atoms with E-state index in [0.29, 0.717) is 17.7 Å². The maximum atomic E-state index is 12.2. The average molecular weight is 276 g/mol. The summed E-state index contributed by atoms with van der Waals surface area (Å²) >= 11 is 0. The van der Waals surface area contributed by atoms with Crippen LogP contribution in [0.2, 0.25) is 0 Å². The summed E-state index contributed by atoms with van der Waals surface area (Å²) in [4.78, 5) is 34.8. The predicted molar refractivity (Wildman–Crippen MR) is 72.3 cm³/mol. The van der Waals surface area contributed by atoms with E-state index in [1.165, 1.54) is 0 Å². The molecule has 2 amide bonds. The molecule has 0 aliphatic carbocycles. The van der Waals surface area contributed by atoms with Crippen LogP contribution in [0.25, 0.3) is 0 Å². The highest BCUT2D eigenvalue weighted by atomic mass is 16.4. The molecule has 6 nitrogen and oxygen atoms in total. The molecule has 6 heteroatoms. The zero-order valence-corrected chi connectivity index (χ0v) is 11.1. The zero-order valence-electron chi connectivity index (χ0n) is 11.1. The van der Waals surface area contributed by atoms with Gasteiger partial charge in [0, 0.05) is 12.1 Å². The lowest BCUT2D eigenvalue weighted by Gasteiger charge is -2.25. The summed E-state index contributed by atoms with van der Waals surface area (Å²) in [6.07, 6.45) is 0.320. The van der Waals surface area contributed by atoms with Gasteiger partial charge in [-0.3, -0.25) is 9.59 Å². The largest absolute Gasteiger partial charge is 0.480 e. The molecule has 1 heterocycles. The Hall–Kier alpha value is -2.37. The first-order valence-electron chi connectivity index (χ1n) is 6.45. The number of nitrogens with one attached hydrogen (secondary N) is 2. The molecular formula is C14H16N2O4. The van der Waals surface area contributed by atoms with Crippen molar-refractivity contribution in [2.45, 2.75) is 31.7 Å². The van der Waals surface area contributed by atoms with Gasteiger partial charge >= 0.3 is 5.97 Å². The van der Waals surface area contributed by atoms with Gasteiger partial charge < -0.3 is 15.7 Å². The number of rotatable bonds is 4. The second kappa shape index (κ2) is 5.73. The van der Waals surface area contributed by atoms with Gasteiger partial charge in [-0.05, 0) is 18.1 Å². The molecule has 0 bridgehead atoms. The number of amides is 2. The van der Waals surface area contributed by atoms with Crippen LogP contribution in [0.3, 0.4) is 0 Å². The van der Waals surface area contributed by atoms with Gasteiger partial charge in [0.25, 0.3) is 0 Å². The summed E-state index contributed by atoms with van der Waals surface area (Å²) in [5.41, 5.74) is 1.32. The minimum absolute atomic E-state index is 0.0267. The highest BCUT2D eigenvalue weighted by Gasteiger charge is 2.32. The highest BCUT2D eigenvalue weighted by Crippen LogP contribution is 2.32. The molecule has 3 N–H and O–H groups in total. The van der Waals surface area contributed by atoms with E-state index in [9.17, 15) is 14.4 Å². The Balaban J connectivity index is 2.22. The smallest absolute Gasteiger partial charge is 0.326 e. The Labute approximate surface area is 116 Å². The second-order valence-electron chi connectivity index (χ2n) is 4.70. The molecule has 1 aromatic carbocycles. The van der Waals surface area contributed by atoms with E-state index in [-0.39, 0.29) is 12.3 Å². The zero-order chi connectivity index (χ0) is 14.7. The number of anilines is 1. The molecule has 1 aliphatic rings. The van der Waals surface area contributed by atoms with Crippen molar-refractivity contribution < 1.29 is 19.5 Å². The monoisotopic (exact) mass is 276 g/mol. The summed E-state index contributed by atoms with van der Waals surface area (Å²) in [6, 6.07) is 6.11. The van der Waals surface area contributed by atoms with E-state index >= 15 is 0 Å². The number of carbonyl (C=O) groups is 3. The van der Waals surface area contributed by atoms with Crippen molar-refractivity contribution in [1.29, 1.82) is 0 Å². The van der Waals surface area contributed by atoms with Crippen LogP contribution in [-0.2, 0) is 14.4 Å². The lowest BCUT2D eigenvalue weighted by atomic mass is 9.89. The van der Waals surface area contributed by atoms with Crippen molar-refractivity contribution in [3.63, 3.8) is 0 Å². The standard InChI is InChI=1S/C14H16N2O4/c1-2-10(14(19)20)16-13(18)9-7-12(17)15-11-6-4-3-5-8(9)11/h3-6,9-10H,2,7H2,1H3,(H,15,17)(H,16,18)(H,19,20)/t9-,10+/m0/s1. The number of hydrogen-bond donors (Lipinski definition) is 3. The van der Waals surface area contributed by atoms with Crippen molar-refractivity contribution in [1.82, 2.24) is 5.32 Å². The molecule has 0 saturated heterocycles. The second-order valence-corrected chi connectivity index (χ2v) is 4.70. The lowest BCUT2D eigenvalue weighted by Crippen LogP contribution is -2.44. The molecule has 0 unspecified atom stereocenters. The van der Waals surface area contributed by atoms with Crippen LogP contribution in [-0.4, -0.2) is 28.9 Å². The molecule has 0 fully saturated rings. The van der Waals surface area contributed by atoms with Gasteiger partial charge in [-0.15, -0.1) is 0 Å². The van der Waals surface area contributed by atoms with Crippen molar-refractivity contribution in [2.24, 2.45) is 0 Å². The van der Waals surface area contributed by atoms with Crippen LogP contribution in [0, 0.1) is 0 Å². The molecule has 0 saturated carbocycles. The minimum Gasteiger partial charge on any atom is -0.480 e. The third-order valence-electron chi connectivity index (χ3n) is 3.34. The van der Waals surface area contributed by atoms with E-state index in [1.807, 2.05) is 0 Å². The number of aliphatic carboxylic acids is 1. The molecule has 2 atom stereocenters. The Morgan fingerprint density at radius 1 is 1.45 bits per heavy atom. The fraction of sp³-hybridized carbons (Fsp3) is 0.357. The average Bonchev–Trinajstić information content (AvgIpc) is 2.43. The van der Waals surface area contributed by atoms with E-state index < -0.39 is 23.8 Å². The van der Waals surface area contributed by atoms with E-state index in [4.69, 9.17) is 5.11 Å². The maximum absolute atomic E-state index is 12.2. The van der Waals surface area contributed by atoms with Gasteiger partial charge in [-0.25, -0.2) is 4.79 Å². The fourth-order valence-electron chi connectivity index (χ4n) is 2.26.